The van der Waals surface area contributed by atoms with Crippen LogP contribution in [0.15, 0.2) is 48.6 Å². The Kier molecular flexibility index (Phi) is 14.1. The molecule has 0 unspecified atom stereocenters. The van der Waals surface area contributed by atoms with E-state index in [2.05, 4.69) is 10.2 Å². The lowest BCUT2D eigenvalue weighted by Crippen LogP contribution is -2.25. The molecule has 1 aromatic rings. The molecule has 1 aliphatic rings. The largest absolute Gasteiger partial charge is 0.416 e. The Balaban J connectivity index is 1.73. The maximum Gasteiger partial charge on any atom is 0.416 e. The van der Waals surface area contributed by atoms with Gasteiger partial charge in [0.1, 0.15) is 0 Å². The number of rotatable bonds is 16. The molecule has 1 aliphatic carbocycles. The van der Waals surface area contributed by atoms with Crippen LogP contribution in [-0.2, 0) is 22.2 Å². The summed E-state index contributed by atoms with van der Waals surface area (Å²) in [4.78, 5) is 16.2. The van der Waals surface area contributed by atoms with Crippen molar-refractivity contribution >= 4 is 5.91 Å². The summed E-state index contributed by atoms with van der Waals surface area (Å²) in [6, 6.07) is 5.00. The van der Waals surface area contributed by atoms with Gasteiger partial charge in [0.15, 0.2) is 0 Å². The van der Waals surface area contributed by atoms with Crippen molar-refractivity contribution in [2.45, 2.75) is 75.9 Å². The van der Waals surface area contributed by atoms with Crippen LogP contribution in [-0.4, -0.2) is 68.5 Å². The number of allylic oxidation sites excluding steroid dienone is 2. The first-order valence-electron chi connectivity index (χ1n) is 13.1. The number of aliphatic hydroxyl groups excluding tert-OH is 3. The third-order valence-corrected chi connectivity index (χ3v) is 6.65. The second-order valence-electron chi connectivity index (χ2n) is 9.69. The minimum atomic E-state index is -4.42. The van der Waals surface area contributed by atoms with E-state index in [1.54, 1.807) is 12.1 Å². The Morgan fingerprint density at radius 1 is 1.18 bits per heavy atom. The van der Waals surface area contributed by atoms with Gasteiger partial charge < -0.3 is 20.6 Å². The van der Waals surface area contributed by atoms with E-state index in [0.717, 1.165) is 12.1 Å². The molecule has 12 heteroatoms. The number of carbonyl (C=O) groups excluding carboxylic acids is 1. The molecule has 1 fully saturated rings. The molecule has 0 aromatic heterocycles. The van der Waals surface area contributed by atoms with Crippen molar-refractivity contribution in [3.05, 3.63) is 59.7 Å². The molecule has 220 valence electrons. The van der Waals surface area contributed by atoms with Crippen molar-refractivity contribution in [2.75, 3.05) is 13.2 Å². The Hall–Kier alpha value is -2.32. The predicted molar refractivity (Wildman–Crippen MR) is 135 cm³/mol. The van der Waals surface area contributed by atoms with E-state index in [-0.39, 0.29) is 49.0 Å². The van der Waals surface area contributed by atoms with Gasteiger partial charge in [0.2, 0.25) is 5.91 Å². The highest BCUT2D eigenvalue weighted by molar-refractivity contribution is 5.75. The number of nitrogens with one attached hydrogen (secondary N) is 1. The smallest absolute Gasteiger partial charge is 0.393 e. The molecule has 1 saturated carbocycles. The van der Waals surface area contributed by atoms with Crippen LogP contribution in [0.2, 0.25) is 0 Å². The Bertz CT molecular complexity index is 927. The highest BCUT2D eigenvalue weighted by Gasteiger charge is 2.39. The summed E-state index contributed by atoms with van der Waals surface area (Å²) in [6.07, 6.45) is 3.46. The summed E-state index contributed by atoms with van der Waals surface area (Å²) in [5.41, 5.74) is -0.255. The molecule has 0 spiro atoms. The van der Waals surface area contributed by atoms with E-state index in [1.165, 1.54) is 12.1 Å². The first kappa shape index (κ1) is 32.9. The normalized spacial score (nSPS) is 22.8. The molecule has 0 heterocycles. The average Bonchev–Trinajstić information content (AvgIpc) is 3.14. The summed E-state index contributed by atoms with van der Waals surface area (Å²) in [7, 11) is 0. The van der Waals surface area contributed by atoms with Crippen LogP contribution in [0.3, 0.4) is 0 Å². The first-order valence-corrected chi connectivity index (χ1v) is 13.1. The summed E-state index contributed by atoms with van der Waals surface area (Å²) in [5, 5.41) is 50.2. The number of hydrogen-bond donors (Lipinski definition) is 6. The molecule has 1 aromatic carbocycles. The van der Waals surface area contributed by atoms with E-state index in [4.69, 9.17) is 10.4 Å². The summed E-state index contributed by atoms with van der Waals surface area (Å²) < 4.78 is 38.7. The molecule has 2 rings (SSSR count). The summed E-state index contributed by atoms with van der Waals surface area (Å²) >= 11 is 0. The van der Waals surface area contributed by atoms with Gasteiger partial charge in [-0.2, -0.15) is 13.2 Å². The number of amides is 1. The number of nitrogens with zero attached hydrogens (tertiary/aromatic N) is 1. The fraction of sp³-hybridized carbons (Fsp3) is 0.593. The molecular formula is C27H39F3N2O7. The van der Waals surface area contributed by atoms with E-state index in [9.17, 15) is 33.3 Å². The molecule has 9 nitrogen and oxygen atoms in total. The van der Waals surface area contributed by atoms with Crippen LogP contribution in [0, 0.1) is 11.8 Å². The zero-order valence-electron chi connectivity index (χ0n) is 21.7. The van der Waals surface area contributed by atoms with Crippen molar-refractivity contribution < 1.29 is 48.5 Å². The number of hydrogen-bond acceptors (Lipinski definition) is 8. The molecule has 1 amide bonds. The minimum absolute atomic E-state index is 0.0483. The van der Waals surface area contributed by atoms with Gasteiger partial charge >= 0.3 is 6.18 Å². The van der Waals surface area contributed by atoms with Gasteiger partial charge in [0.25, 0.3) is 0 Å². The fourth-order valence-corrected chi connectivity index (χ4v) is 4.56. The molecule has 5 atom stereocenters. The number of aliphatic hydroxyl groups is 3. The monoisotopic (exact) mass is 560 g/mol. The van der Waals surface area contributed by atoms with Crippen LogP contribution in [0.1, 0.15) is 56.1 Å². The number of alkyl halides is 3. The van der Waals surface area contributed by atoms with E-state index in [0.29, 0.717) is 44.2 Å². The zero-order chi connectivity index (χ0) is 28.8. The van der Waals surface area contributed by atoms with E-state index < -0.39 is 30.1 Å². The Morgan fingerprint density at radius 2 is 1.95 bits per heavy atom. The van der Waals surface area contributed by atoms with Gasteiger partial charge in [-0.1, -0.05) is 42.5 Å². The van der Waals surface area contributed by atoms with Crippen LogP contribution >= 0.6 is 0 Å². The van der Waals surface area contributed by atoms with Gasteiger partial charge in [-0.15, -0.1) is 0 Å². The van der Waals surface area contributed by atoms with Gasteiger partial charge in [-0.05, 0) is 56.1 Å². The summed E-state index contributed by atoms with van der Waals surface area (Å²) in [5.74, 6) is -0.742. The summed E-state index contributed by atoms with van der Waals surface area (Å²) in [6.45, 7) is 0.395. The maximum absolute atomic E-state index is 12.9. The van der Waals surface area contributed by atoms with E-state index in [1.807, 2.05) is 12.2 Å². The van der Waals surface area contributed by atoms with Crippen LogP contribution < -0.4 is 5.32 Å². The molecule has 0 saturated heterocycles. The number of benzene rings is 1. The molecular weight excluding hydrogens is 521 g/mol. The second kappa shape index (κ2) is 16.7. The quantitative estimate of drug-likeness (QED) is 0.102. The SMILES string of the molecule is O=C(CCC/C=C\C[C@@H]1[C@@H](/C=C/[C@@H](O)CCc2cccc(C(F)(F)F)c2)[C@H](O)C[C@@H]1O)NCCCON(O)O. The number of halogens is 3. The predicted octanol–water partition coefficient (Wildman–Crippen LogP) is 3.55. The topological polar surface area (TPSA) is 143 Å². The molecule has 0 bridgehead atoms. The Morgan fingerprint density at radius 3 is 2.67 bits per heavy atom. The average molecular weight is 561 g/mol. The third-order valence-electron chi connectivity index (χ3n) is 6.65. The van der Waals surface area contributed by atoms with E-state index >= 15 is 0 Å². The van der Waals surface area contributed by atoms with Crippen molar-refractivity contribution in [3.63, 3.8) is 0 Å². The standard InChI is InChI=1S/C27H39F3N2O7/c28-27(29,30)20-8-5-7-19(17-20)11-12-21(33)13-14-23-22(24(34)18-25(23)35)9-3-1-2-4-10-26(36)31-15-6-16-39-32(37)38/h1,3,5,7-8,13-14,17,21-25,33-35,37-38H,2,4,6,9-12,15-16,18H2,(H,31,36)/b3-1-,14-13+/t21-,22+,23+,24-,25+/m0/s1. The maximum atomic E-state index is 12.9. The van der Waals surface area contributed by atoms with Gasteiger partial charge in [-0.25, -0.2) is 0 Å². The zero-order valence-corrected chi connectivity index (χ0v) is 21.7. The highest BCUT2D eigenvalue weighted by atomic mass is 19.4. The van der Waals surface area contributed by atoms with Crippen molar-refractivity contribution in [1.82, 2.24) is 10.7 Å². The van der Waals surface area contributed by atoms with Gasteiger partial charge in [-0.3, -0.25) is 20.0 Å². The molecule has 0 radical (unpaired) electrons. The van der Waals surface area contributed by atoms with Crippen LogP contribution in [0.25, 0.3) is 0 Å². The lowest BCUT2D eigenvalue weighted by Gasteiger charge is -2.19. The van der Waals surface area contributed by atoms with Crippen molar-refractivity contribution in [1.29, 1.82) is 0 Å². The number of aryl methyl sites for hydroxylation is 1. The first-order chi connectivity index (χ1) is 18.5. The third kappa shape index (κ3) is 12.6. The van der Waals surface area contributed by atoms with Gasteiger partial charge in [0, 0.05) is 25.3 Å². The molecule has 39 heavy (non-hydrogen) atoms. The van der Waals surface area contributed by atoms with Crippen molar-refractivity contribution in [2.24, 2.45) is 11.8 Å². The lowest BCUT2D eigenvalue weighted by molar-refractivity contribution is -0.492. The fourth-order valence-electron chi connectivity index (χ4n) is 4.56. The highest BCUT2D eigenvalue weighted by Crippen LogP contribution is 2.36. The molecule has 0 aliphatic heterocycles. The Labute approximate surface area is 226 Å². The van der Waals surface area contributed by atoms with Crippen LogP contribution in [0.4, 0.5) is 13.2 Å². The minimum Gasteiger partial charge on any atom is -0.393 e. The lowest BCUT2D eigenvalue weighted by atomic mass is 9.89. The second-order valence-corrected chi connectivity index (χ2v) is 9.69. The number of carbonyl (C=O) groups is 1. The molecule has 6 N–H and O–H groups in total. The van der Waals surface area contributed by atoms with Crippen LogP contribution in [0.5, 0.6) is 0 Å². The number of unbranched alkanes of at least 4 members (excludes halogenated alkanes) is 1. The van der Waals surface area contributed by atoms with Crippen molar-refractivity contribution in [3.8, 4) is 0 Å². The van der Waals surface area contributed by atoms with Gasteiger partial charge in [0.05, 0.1) is 35.9 Å².